The van der Waals surface area contributed by atoms with Crippen LogP contribution in [-0.4, -0.2) is 58.1 Å². The van der Waals surface area contributed by atoms with Gasteiger partial charge in [0.25, 0.3) is 0 Å². The van der Waals surface area contributed by atoms with Crippen LogP contribution >= 0.6 is 22.7 Å². The SMILES string of the molecule is CC(C)c1nc(CN(C)C(=O)N[C@@H](CC2=CCC=N2)C(=O)C[C@H](CC[C@H](Cc2ccccc2)NC(=O)OCc2cncs2)Cc2ccccc2)cs1. The maximum Gasteiger partial charge on any atom is 0.407 e. The first-order valence-electron chi connectivity index (χ1n) is 17.8. The van der Waals surface area contributed by atoms with Crippen molar-refractivity contribution < 1.29 is 19.1 Å². The van der Waals surface area contributed by atoms with Gasteiger partial charge in [-0.3, -0.25) is 14.8 Å². The molecule has 5 rings (SSSR count). The average Bonchev–Trinajstić information content (AvgIpc) is 3.95. The molecule has 1 aliphatic heterocycles. The monoisotopic (exact) mass is 740 g/mol. The van der Waals surface area contributed by atoms with Crippen LogP contribution in [0.1, 0.15) is 78.6 Å². The van der Waals surface area contributed by atoms with Crippen molar-refractivity contribution in [3.63, 3.8) is 0 Å². The van der Waals surface area contributed by atoms with Gasteiger partial charge >= 0.3 is 12.1 Å². The van der Waals surface area contributed by atoms with Crippen LogP contribution in [0.25, 0.3) is 0 Å². The topological polar surface area (TPSA) is 126 Å². The van der Waals surface area contributed by atoms with E-state index in [0.717, 1.165) is 32.4 Å². The van der Waals surface area contributed by atoms with E-state index in [1.54, 1.807) is 35.0 Å². The van der Waals surface area contributed by atoms with Gasteiger partial charge in [-0.2, -0.15) is 0 Å². The molecule has 10 nitrogen and oxygen atoms in total. The van der Waals surface area contributed by atoms with Crippen molar-refractivity contribution in [1.29, 1.82) is 0 Å². The summed E-state index contributed by atoms with van der Waals surface area (Å²) >= 11 is 3.03. The van der Waals surface area contributed by atoms with Crippen LogP contribution in [0.3, 0.4) is 0 Å². The number of nitrogens with one attached hydrogen (secondary N) is 2. The third-order valence-electron chi connectivity index (χ3n) is 8.88. The smallest absolute Gasteiger partial charge is 0.407 e. The molecule has 0 unspecified atom stereocenters. The Hall–Kier alpha value is -4.68. The maximum atomic E-state index is 14.2. The van der Waals surface area contributed by atoms with Crippen LogP contribution in [0.5, 0.6) is 0 Å². The second-order valence-corrected chi connectivity index (χ2v) is 15.4. The number of urea groups is 1. The van der Waals surface area contributed by atoms with E-state index < -0.39 is 12.1 Å². The molecular formula is C40H48N6O4S2. The highest BCUT2D eigenvalue weighted by Gasteiger charge is 2.28. The number of hydrogen-bond donors (Lipinski definition) is 2. The molecule has 0 radical (unpaired) electrons. The Kier molecular flexibility index (Phi) is 14.7. The summed E-state index contributed by atoms with van der Waals surface area (Å²) in [6, 6.07) is 18.9. The minimum absolute atomic E-state index is 0.0363. The fourth-order valence-corrected chi connectivity index (χ4v) is 7.44. The summed E-state index contributed by atoms with van der Waals surface area (Å²) in [4.78, 5) is 56.3. The van der Waals surface area contributed by atoms with E-state index in [1.807, 2.05) is 66.2 Å². The van der Waals surface area contributed by atoms with Crippen LogP contribution in [0.15, 0.2) is 94.5 Å². The standard InChI is InChI=1S/C40H48N6O4S2/c1-28(2)38-43-34(26-51-38)24-46(3)39(48)45-36(22-32-15-10-18-42-32)37(47)21-31(19-29-11-6-4-7-12-29)16-17-33(20-30-13-8-5-9-14-30)44-40(49)50-25-35-23-41-27-52-35/h4-9,11-15,18,23,26-28,31,33,36H,10,16-17,19-22,24-25H2,1-3H3,(H,44,49)(H,45,48)/t31-,33-,36+/m1/s1. The molecule has 3 amide bonds. The summed E-state index contributed by atoms with van der Waals surface area (Å²) < 4.78 is 5.52. The summed E-state index contributed by atoms with van der Waals surface area (Å²) in [5, 5.41) is 9.13. The first-order valence-corrected chi connectivity index (χ1v) is 19.6. The van der Waals surface area contributed by atoms with E-state index in [0.29, 0.717) is 51.0 Å². The van der Waals surface area contributed by atoms with Crippen molar-refractivity contribution in [3.05, 3.63) is 116 Å². The van der Waals surface area contributed by atoms with Gasteiger partial charge in [0.2, 0.25) is 0 Å². The third kappa shape index (κ3) is 12.5. The first kappa shape index (κ1) is 38.5. The molecule has 2 N–H and O–H groups in total. The molecule has 2 aromatic heterocycles. The Morgan fingerprint density at radius 3 is 2.29 bits per heavy atom. The minimum atomic E-state index is -0.739. The highest BCUT2D eigenvalue weighted by atomic mass is 32.1. The van der Waals surface area contributed by atoms with Gasteiger partial charge < -0.3 is 20.3 Å². The fourth-order valence-electron chi connectivity index (χ4n) is 6.11. The molecule has 12 heteroatoms. The van der Waals surface area contributed by atoms with Crippen molar-refractivity contribution in [2.24, 2.45) is 10.9 Å². The quantitative estimate of drug-likeness (QED) is 0.100. The molecule has 1 aliphatic rings. The molecule has 4 aromatic rings. The summed E-state index contributed by atoms with van der Waals surface area (Å²) in [5.74, 6) is 0.236. The first-order chi connectivity index (χ1) is 25.2. The molecule has 3 atom stereocenters. The van der Waals surface area contributed by atoms with Crippen LogP contribution < -0.4 is 10.6 Å². The fraction of sp³-hybridized carbons (Fsp3) is 0.400. The minimum Gasteiger partial charge on any atom is -0.444 e. The molecule has 0 saturated heterocycles. The van der Waals surface area contributed by atoms with Crippen molar-refractivity contribution in [3.8, 4) is 0 Å². The Morgan fingerprint density at radius 2 is 1.65 bits per heavy atom. The van der Waals surface area contributed by atoms with Gasteiger partial charge in [-0.15, -0.1) is 22.7 Å². The Morgan fingerprint density at radius 1 is 0.923 bits per heavy atom. The van der Waals surface area contributed by atoms with E-state index in [2.05, 4.69) is 51.6 Å². The zero-order chi connectivity index (χ0) is 36.7. The molecule has 0 spiro atoms. The lowest BCUT2D eigenvalue weighted by molar-refractivity contribution is -0.121. The lowest BCUT2D eigenvalue weighted by Crippen LogP contribution is -2.47. The predicted molar refractivity (Wildman–Crippen MR) is 208 cm³/mol. The van der Waals surface area contributed by atoms with Gasteiger partial charge in [-0.1, -0.05) is 80.6 Å². The lowest BCUT2D eigenvalue weighted by atomic mass is 9.86. The normalized spacial score (nSPS) is 14.0. The number of aromatic nitrogens is 2. The van der Waals surface area contributed by atoms with Gasteiger partial charge in [0.1, 0.15) is 6.61 Å². The number of aliphatic imine (C=N–C) groups is 1. The molecule has 274 valence electrons. The Bertz CT molecular complexity index is 1780. The van der Waals surface area contributed by atoms with Crippen LogP contribution in [0.4, 0.5) is 9.59 Å². The molecule has 0 saturated carbocycles. The number of rotatable bonds is 19. The van der Waals surface area contributed by atoms with E-state index in [-0.39, 0.29) is 36.8 Å². The summed E-state index contributed by atoms with van der Waals surface area (Å²) in [7, 11) is 1.72. The van der Waals surface area contributed by atoms with Gasteiger partial charge in [0.05, 0.1) is 33.7 Å². The van der Waals surface area contributed by atoms with E-state index >= 15 is 0 Å². The molecule has 0 bridgehead atoms. The number of Topliss-reactive ketones (excluding diaryl/α,β-unsaturated/α-hetero) is 1. The number of carbonyl (C=O) groups is 3. The Labute approximate surface area is 314 Å². The largest absolute Gasteiger partial charge is 0.444 e. The average molecular weight is 741 g/mol. The number of alkyl carbamates (subject to hydrolysis) is 1. The van der Waals surface area contributed by atoms with Crippen molar-refractivity contribution in [2.75, 3.05) is 7.05 Å². The van der Waals surface area contributed by atoms with Crippen molar-refractivity contribution >= 4 is 46.8 Å². The number of thiazole rings is 2. The molecule has 0 fully saturated rings. The summed E-state index contributed by atoms with van der Waals surface area (Å²) in [6.45, 7) is 4.70. The molecule has 52 heavy (non-hydrogen) atoms. The number of ketones is 1. The number of ether oxygens (including phenoxy) is 1. The predicted octanol–water partition coefficient (Wildman–Crippen LogP) is 8.12. The Balaban J connectivity index is 1.28. The van der Waals surface area contributed by atoms with Gasteiger partial charge in [0, 0.05) is 61.8 Å². The maximum absolute atomic E-state index is 14.2. The summed E-state index contributed by atoms with van der Waals surface area (Å²) in [6.07, 6.45) is 8.94. The number of hydrogen-bond acceptors (Lipinski definition) is 9. The number of allylic oxidation sites excluding steroid dienone is 1. The van der Waals surface area contributed by atoms with Crippen LogP contribution in [-0.2, 0) is 35.5 Å². The molecule has 0 aliphatic carbocycles. The molecule has 3 heterocycles. The van der Waals surface area contributed by atoms with Gasteiger partial charge in [-0.05, 0) is 42.7 Å². The highest BCUT2D eigenvalue weighted by molar-refractivity contribution is 7.09. The highest BCUT2D eigenvalue weighted by Crippen LogP contribution is 2.24. The molecule has 2 aromatic carbocycles. The van der Waals surface area contributed by atoms with E-state index in [1.165, 1.54) is 11.3 Å². The number of benzene rings is 2. The third-order valence-corrected chi connectivity index (χ3v) is 10.8. The number of carbonyl (C=O) groups excluding carboxylic acids is 3. The zero-order valence-corrected chi connectivity index (χ0v) is 31.7. The van der Waals surface area contributed by atoms with E-state index in [4.69, 9.17) is 4.74 Å². The van der Waals surface area contributed by atoms with Crippen LogP contribution in [0, 0.1) is 5.92 Å². The zero-order valence-electron chi connectivity index (χ0n) is 30.1. The second-order valence-electron chi connectivity index (χ2n) is 13.5. The van der Waals surface area contributed by atoms with Crippen molar-refractivity contribution in [2.45, 2.75) is 89.9 Å². The number of nitrogens with zero attached hydrogens (tertiary/aromatic N) is 4. The van der Waals surface area contributed by atoms with Crippen LogP contribution in [0.2, 0.25) is 0 Å². The lowest BCUT2D eigenvalue weighted by Gasteiger charge is -2.26. The summed E-state index contributed by atoms with van der Waals surface area (Å²) in [5.41, 5.74) is 5.56. The van der Waals surface area contributed by atoms with Gasteiger partial charge in [-0.25, -0.2) is 14.6 Å². The van der Waals surface area contributed by atoms with Gasteiger partial charge in [0.15, 0.2) is 5.78 Å². The molecular weight excluding hydrogens is 693 g/mol. The number of amides is 3. The second kappa shape index (κ2) is 19.8. The van der Waals surface area contributed by atoms with E-state index in [9.17, 15) is 14.4 Å². The van der Waals surface area contributed by atoms with Crippen molar-refractivity contribution in [1.82, 2.24) is 25.5 Å².